The Bertz CT molecular complexity index is 1440. The average molecular weight is 579 g/mol. The number of aryl methyl sites for hydroxylation is 2. The van der Waals surface area contributed by atoms with E-state index in [2.05, 4.69) is 61.5 Å². The lowest BCUT2D eigenvalue weighted by molar-refractivity contribution is -0.137. The van der Waals surface area contributed by atoms with Gasteiger partial charge in [-0.1, -0.05) is 105 Å². The van der Waals surface area contributed by atoms with Gasteiger partial charge in [0.2, 0.25) is 0 Å². The number of carboxylic acid groups (broad SMARTS) is 2. The molecule has 0 saturated carbocycles. The molecule has 4 rings (SSSR count). The lowest BCUT2D eigenvalue weighted by Gasteiger charge is -2.19. The van der Waals surface area contributed by atoms with Gasteiger partial charge in [-0.15, -0.1) is 0 Å². The lowest BCUT2D eigenvalue weighted by Crippen LogP contribution is -2.08. The van der Waals surface area contributed by atoms with E-state index < -0.39 is 11.9 Å². The van der Waals surface area contributed by atoms with Crippen molar-refractivity contribution in [1.29, 1.82) is 0 Å². The summed E-state index contributed by atoms with van der Waals surface area (Å²) in [5, 5.41) is 18.3. The Morgan fingerprint density at radius 1 is 0.698 bits per heavy atom. The molecule has 1 atom stereocenters. The van der Waals surface area contributed by atoms with Crippen LogP contribution in [-0.4, -0.2) is 22.2 Å². The maximum absolute atomic E-state index is 11.2. The monoisotopic (exact) mass is 578 g/mol. The molecule has 0 aliphatic carbocycles. The summed E-state index contributed by atoms with van der Waals surface area (Å²) in [6.45, 7) is 2.69. The van der Waals surface area contributed by atoms with Gasteiger partial charge in [0.1, 0.15) is 12.4 Å². The van der Waals surface area contributed by atoms with Gasteiger partial charge in [-0.05, 0) is 89.6 Å². The molecule has 0 spiro atoms. The fourth-order valence-electron chi connectivity index (χ4n) is 5.49. The van der Waals surface area contributed by atoms with Crippen LogP contribution in [0.2, 0.25) is 0 Å². The fraction of sp³-hybridized carbons (Fsp3) is 0.316. The molecule has 5 nitrogen and oxygen atoms in total. The van der Waals surface area contributed by atoms with Crippen LogP contribution in [0.5, 0.6) is 5.75 Å². The quantitative estimate of drug-likeness (QED) is 0.122. The number of benzene rings is 4. The standard InChI is InChI=1S/C38H42O5/c1-2-7-28-12-19-32(20-13-28)33-21-17-31(18-22-33)27-43-36-10-5-4-9-34(36)23-14-29(8-3-6-11-37(39)40)26-30-15-24-35(25-16-30)38(41)42/h4-5,9-10,12-13,15-22,24-25,29H,2-3,6-8,11,14,23,26-27H2,1H3,(H,39,40)(H,41,42). The van der Waals surface area contributed by atoms with Gasteiger partial charge in [0.05, 0.1) is 5.56 Å². The van der Waals surface area contributed by atoms with Crippen LogP contribution < -0.4 is 4.74 Å². The minimum Gasteiger partial charge on any atom is -0.489 e. The molecule has 0 heterocycles. The van der Waals surface area contributed by atoms with Crippen LogP contribution in [0.4, 0.5) is 0 Å². The van der Waals surface area contributed by atoms with Crippen molar-refractivity contribution < 1.29 is 24.5 Å². The first kappa shape index (κ1) is 31.6. The van der Waals surface area contributed by atoms with Crippen molar-refractivity contribution in [2.75, 3.05) is 0 Å². The Labute approximate surface area is 255 Å². The molecule has 224 valence electrons. The Hall–Kier alpha value is -4.38. The van der Waals surface area contributed by atoms with E-state index in [9.17, 15) is 14.7 Å². The van der Waals surface area contributed by atoms with E-state index in [4.69, 9.17) is 9.84 Å². The molecule has 5 heteroatoms. The van der Waals surface area contributed by atoms with Gasteiger partial charge in [-0.25, -0.2) is 4.79 Å². The molecule has 0 fully saturated rings. The zero-order valence-electron chi connectivity index (χ0n) is 25.0. The minimum atomic E-state index is -0.929. The van der Waals surface area contributed by atoms with E-state index in [1.54, 1.807) is 12.1 Å². The normalized spacial score (nSPS) is 11.7. The summed E-state index contributed by atoms with van der Waals surface area (Å²) in [5.41, 5.74) is 7.42. The fourth-order valence-corrected chi connectivity index (χ4v) is 5.49. The topological polar surface area (TPSA) is 83.8 Å². The van der Waals surface area contributed by atoms with Gasteiger partial charge >= 0.3 is 11.9 Å². The highest BCUT2D eigenvalue weighted by molar-refractivity contribution is 5.87. The van der Waals surface area contributed by atoms with Crippen LogP contribution in [0, 0.1) is 5.92 Å². The Morgan fingerprint density at radius 3 is 1.95 bits per heavy atom. The van der Waals surface area contributed by atoms with E-state index >= 15 is 0 Å². The van der Waals surface area contributed by atoms with E-state index in [-0.39, 0.29) is 12.0 Å². The van der Waals surface area contributed by atoms with Crippen molar-refractivity contribution in [1.82, 2.24) is 0 Å². The summed E-state index contributed by atoms with van der Waals surface area (Å²) in [4.78, 5) is 22.2. The molecular weight excluding hydrogens is 536 g/mol. The zero-order chi connectivity index (χ0) is 30.4. The molecule has 4 aromatic rings. The van der Waals surface area contributed by atoms with Crippen molar-refractivity contribution in [3.63, 3.8) is 0 Å². The van der Waals surface area contributed by atoms with Crippen molar-refractivity contribution in [3.05, 3.63) is 125 Å². The number of hydrogen-bond donors (Lipinski definition) is 2. The van der Waals surface area contributed by atoms with Gasteiger partial charge in [-0.2, -0.15) is 0 Å². The second-order valence-corrected chi connectivity index (χ2v) is 11.3. The molecule has 0 aliphatic heterocycles. The molecule has 0 saturated heterocycles. The summed E-state index contributed by atoms with van der Waals surface area (Å²) in [5.74, 6) is -0.460. The number of para-hydroxylation sites is 1. The average Bonchev–Trinajstić information content (AvgIpc) is 3.02. The number of aromatic carboxylic acids is 1. The molecule has 2 N–H and O–H groups in total. The van der Waals surface area contributed by atoms with Crippen molar-refractivity contribution in [2.45, 2.75) is 71.3 Å². The third-order valence-electron chi connectivity index (χ3n) is 7.95. The van der Waals surface area contributed by atoms with Crippen molar-refractivity contribution >= 4 is 11.9 Å². The lowest BCUT2D eigenvalue weighted by atomic mass is 9.88. The van der Waals surface area contributed by atoms with Crippen LogP contribution in [-0.2, 0) is 30.7 Å². The van der Waals surface area contributed by atoms with Gasteiger partial charge < -0.3 is 14.9 Å². The predicted molar refractivity (Wildman–Crippen MR) is 172 cm³/mol. The number of ether oxygens (including phenoxy) is 1. The summed E-state index contributed by atoms with van der Waals surface area (Å²) in [6.07, 6.45) is 7.47. The molecule has 0 radical (unpaired) electrons. The molecular formula is C38H42O5. The third-order valence-corrected chi connectivity index (χ3v) is 7.95. The summed E-state index contributed by atoms with van der Waals surface area (Å²) in [6, 6.07) is 32.6. The van der Waals surface area contributed by atoms with Crippen molar-refractivity contribution in [3.8, 4) is 16.9 Å². The first-order chi connectivity index (χ1) is 20.9. The molecule has 0 bridgehead atoms. The van der Waals surface area contributed by atoms with Crippen LogP contribution in [0.15, 0.2) is 97.1 Å². The number of aliphatic carboxylic acids is 1. The van der Waals surface area contributed by atoms with Crippen LogP contribution in [0.3, 0.4) is 0 Å². The highest BCUT2D eigenvalue weighted by atomic mass is 16.5. The first-order valence-corrected chi connectivity index (χ1v) is 15.3. The van der Waals surface area contributed by atoms with Crippen LogP contribution >= 0.6 is 0 Å². The van der Waals surface area contributed by atoms with E-state index in [0.29, 0.717) is 18.9 Å². The number of rotatable bonds is 17. The Morgan fingerprint density at radius 2 is 1.33 bits per heavy atom. The Kier molecular flexibility index (Phi) is 12.0. The smallest absolute Gasteiger partial charge is 0.335 e. The van der Waals surface area contributed by atoms with Crippen LogP contribution in [0.1, 0.15) is 78.1 Å². The van der Waals surface area contributed by atoms with Gasteiger partial charge in [0.15, 0.2) is 0 Å². The molecule has 1 unspecified atom stereocenters. The van der Waals surface area contributed by atoms with E-state index in [1.165, 1.54) is 16.7 Å². The number of carboxylic acids is 2. The predicted octanol–water partition coefficient (Wildman–Crippen LogP) is 9.02. The Balaban J connectivity index is 1.36. The highest BCUT2D eigenvalue weighted by Crippen LogP contribution is 2.27. The van der Waals surface area contributed by atoms with Crippen LogP contribution in [0.25, 0.3) is 11.1 Å². The van der Waals surface area contributed by atoms with Crippen molar-refractivity contribution in [2.24, 2.45) is 5.92 Å². The number of unbranched alkanes of at least 4 members (excludes halogenated alkanes) is 1. The molecule has 0 amide bonds. The molecule has 0 aliphatic rings. The summed E-state index contributed by atoms with van der Waals surface area (Å²) < 4.78 is 6.30. The highest BCUT2D eigenvalue weighted by Gasteiger charge is 2.14. The zero-order valence-corrected chi connectivity index (χ0v) is 25.0. The largest absolute Gasteiger partial charge is 0.489 e. The SMILES string of the molecule is CCCc1ccc(-c2ccc(COc3ccccc3CCC(CCCCC(=O)O)Cc3ccc(C(=O)O)cc3)cc2)cc1. The second kappa shape index (κ2) is 16.3. The maximum Gasteiger partial charge on any atom is 0.335 e. The van der Waals surface area contributed by atoms with E-state index in [1.807, 2.05) is 30.3 Å². The number of hydrogen-bond acceptors (Lipinski definition) is 3. The van der Waals surface area contributed by atoms with Gasteiger partial charge in [0, 0.05) is 6.42 Å². The molecule has 4 aromatic carbocycles. The van der Waals surface area contributed by atoms with Gasteiger partial charge in [-0.3, -0.25) is 4.79 Å². The van der Waals surface area contributed by atoms with E-state index in [0.717, 1.165) is 67.4 Å². The first-order valence-electron chi connectivity index (χ1n) is 15.3. The van der Waals surface area contributed by atoms with Gasteiger partial charge in [0.25, 0.3) is 0 Å². The second-order valence-electron chi connectivity index (χ2n) is 11.3. The minimum absolute atomic E-state index is 0.183. The molecule has 43 heavy (non-hydrogen) atoms. The number of carbonyl (C=O) groups is 2. The molecule has 0 aromatic heterocycles. The summed E-state index contributed by atoms with van der Waals surface area (Å²) in [7, 11) is 0. The third kappa shape index (κ3) is 10.1. The summed E-state index contributed by atoms with van der Waals surface area (Å²) >= 11 is 0. The maximum atomic E-state index is 11.2.